The fourth-order valence-electron chi connectivity index (χ4n) is 6.29. The number of alkyl halides is 3. The molecule has 1 fully saturated rings. The van der Waals surface area contributed by atoms with Crippen LogP contribution in [0.1, 0.15) is 117 Å². The number of benzene rings is 1. The van der Waals surface area contributed by atoms with Gasteiger partial charge < -0.3 is 9.84 Å². The average Bonchev–Trinajstić information content (AvgIpc) is 3.31. The lowest BCUT2D eigenvalue weighted by Crippen LogP contribution is -2.32. The maximum absolute atomic E-state index is 13.5. The Kier molecular flexibility index (Phi) is 5.22. The molecule has 1 aromatic carbocycles. The second-order valence-electron chi connectivity index (χ2n) is 11.2. The smallest absolute Gasteiger partial charge is 0.388 e. The van der Waals surface area contributed by atoms with Crippen molar-refractivity contribution in [3.05, 3.63) is 63.5 Å². The summed E-state index contributed by atoms with van der Waals surface area (Å²) in [6.07, 6.45) is -0.617. The predicted octanol–water partition coefficient (Wildman–Crippen LogP) is 7.12. The van der Waals surface area contributed by atoms with E-state index in [1.807, 2.05) is 0 Å². The fraction of sp³-hybridized carbons (Fsp3) is 0.593. The van der Waals surface area contributed by atoms with E-state index in [0.29, 0.717) is 12.0 Å². The van der Waals surface area contributed by atoms with Crippen molar-refractivity contribution in [2.45, 2.75) is 96.1 Å². The lowest BCUT2D eigenvalue weighted by molar-refractivity contribution is -0.137. The van der Waals surface area contributed by atoms with E-state index in [1.54, 1.807) is 6.07 Å². The summed E-state index contributed by atoms with van der Waals surface area (Å²) in [7, 11) is 0. The molecule has 33 heavy (non-hydrogen) atoms. The van der Waals surface area contributed by atoms with Crippen molar-refractivity contribution in [3.8, 4) is 0 Å². The van der Waals surface area contributed by atoms with Gasteiger partial charge in [0, 0.05) is 22.5 Å². The van der Waals surface area contributed by atoms with Crippen LogP contribution in [0.15, 0.2) is 24.3 Å². The minimum absolute atomic E-state index is 0.0648. The van der Waals surface area contributed by atoms with Gasteiger partial charge in [-0.3, -0.25) is 4.98 Å². The molecule has 2 aromatic rings. The molecule has 1 saturated carbocycles. The van der Waals surface area contributed by atoms with E-state index in [9.17, 15) is 18.3 Å². The normalized spacial score (nSPS) is 25.5. The number of hydrogen-bond donors (Lipinski definition) is 1. The molecule has 3 aliphatic rings. The van der Waals surface area contributed by atoms with Gasteiger partial charge in [-0.2, -0.15) is 13.2 Å². The second kappa shape index (κ2) is 7.54. The van der Waals surface area contributed by atoms with Crippen LogP contribution in [0.25, 0.3) is 0 Å². The number of halogens is 3. The molecule has 1 N–H and O–H groups in total. The number of nitrogens with zero attached hydrogens (tertiary/aromatic N) is 1. The second-order valence-corrected chi connectivity index (χ2v) is 11.2. The highest BCUT2D eigenvalue weighted by atomic mass is 19.4. The van der Waals surface area contributed by atoms with Crippen molar-refractivity contribution >= 4 is 0 Å². The molecule has 6 heteroatoms. The van der Waals surface area contributed by atoms with E-state index < -0.39 is 29.5 Å². The third-order valence-electron chi connectivity index (χ3n) is 7.64. The Morgan fingerprint density at radius 2 is 1.82 bits per heavy atom. The summed E-state index contributed by atoms with van der Waals surface area (Å²) in [5, 5.41) is 11.3. The number of pyridine rings is 1. The van der Waals surface area contributed by atoms with Crippen molar-refractivity contribution in [3.63, 3.8) is 0 Å². The first-order chi connectivity index (χ1) is 15.4. The Hall–Kier alpha value is -1.92. The largest absolute Gasteiger partial charge is 0.416 e. The molecule has 3 nitrogen and oxygen atoms in total. The molecule has 1 aromatic heterocycles. The summed E-state index contributed by atoms with van der Waals surface area (Å²) in [6, 6.07) is 5.50. The third kappa shape index (κ3) is 3.70. The summed E-state index contributed by atoms with van der Waals surface area (Å²) in [5.74, 6) is 0.0830. The van der Waals surface area contributed by atoms with Gasteiger partial charge in [-0.25, -0.2) is 0 Å². The summed E-state index contributed by atoms with van der Waals surface area (Å²) >= 11 is 0. The molecule has 0 amide bonds. The zero-order valence-corrected chi connectivity index (χ0v) is 19.7. The Labute approximate surface area is 193 Å². The molecule has 5 rings (SSSR count). The minimum Gasteiger partial charge on any atom is -0.388 e. The van der Waals surface area contributed by atoms with Gasteiger partial charge in [-0.05, 0) is 60.3 Å². The van der Waals surface area contributed by atoms with Crippen LogP contribution in [0.2, 0.25) is 0 Å². The SMILES string of the molecule is CC(C)c1nc2c(c3c1[C@@H](c1cccc(C(F)(F)F)c1)OC31CCCC1)[C@@H](O)CC(C)(C)C2. The van der Waals surface area contributed by atoms with Gasteiger partial charge in [0.15, 0.2) is 0 Å². The van der Waals surface area contributed by atoms with Crippen molar-refractivity contribution in [1.82, 2.24) is 4.98 Å². The standard InChI is InChI=1S/C27H32F3NO2/c1-15(2)23-21-22(20-18(31-23)13-25(3,4)14-19(20)32)26(10-5-6-11-26)33-24(21)16-8-7-9-17(12-16)27(28,29)30/h7-9,12,15,19,24,32H,5-6,10-11,13-14H2,1-4H3/t19-,24+/m0/s1. The van der Waals surface area contributed by atoms with Crippen LogP contribution in [-0.4, -0.2) is 10.1 Å². The molecule has 2 atom stereocenters. The Morgan fingerprint density at radius 3 is 2.45 bits per heavy atom. The Balaban J connectivity index is 1.77. The predicted molar refractivity (Wildman–Crippen MR) is 120 cm³/mol. The first kappa shape index (κ1) is 22.9. The number of aliphatic hydroxyl groups excluding tert-OH is 1. The van der Waals surface area contributed by atoms with Crippen molar-refractivity contribution in [2.24, 2.45) is 5.41 Å². The van der Waals surface area contributed by atoms with Crippen LogP contribution in [0.5, 0.6) is 0 Å². The first-order valence-corrected chi connectivity index (χ1v) is 12.0. The van der Waals surface area contributed by atoms with Crippen LogP contribution in [0.3, 0.4) is 0 Å². The summed E-state index contributed by atoms with van der Waals surface area (Å²) in [5.41, 5.74) is 3.83. The number of aromatic nitrogens is 1. The number of rotatable bonds is 2. The van der Waals surface area contributed by atoms with E-state index in [2.05, 4.69) is 27.7 Å². The summed E-state index contributed by atoms with van der Waals surface area (Å²) in [6.45, 7) is 8.44. The molecule has 0 radical (unpaired) electrons. The fourth-order valence-corrected chi connectivity index (χ4v) is 6.29. The molecular formula is C27H32F3NO2. The van der Waals surface area contributed by atoms with Gasteiger partial charge in [-0.15, -0.1) is 0 Å². The number of aliphatic hydroxyl groups is 1. The van der Waals surface area contributed by atoms with E-state index in [-0.39, 0.29) is 11.3 Å². The van der Waals surface area contributed by atoms with Gasteiger partial charge >= 0.3 is 6.18 Å². The lowest BCUT2D eigenvalue weighted by Gasteiger charge is -2.38. The van der Waals surface area contributed by atoms with Gasteiger partial charge in [0.2, 0.25) is 0 Å². The lowest BCUT2D eigenvalue weighted by atomic mass is 9.70. The van der Waals surface area contributed by atoms with Crippen LogP contribution in [0, 0.1) is 5.41 Å². The monoisotopic (exact) mass is 459 g/mol. The first-order valence-electron chi connectivity index (χ1n) is 12.0. The van der Waals surface area contributed by atoms with E-state index in [1.165, 1.54) is 12.1 Å². The van der Waals surface area contributed by atoms with Crippen LogP contribution in [0.4, 0.5) is 13.2 Å². The molecule has 2 aliphatic carbocycles. The Morgan fingerprint density at radius 1 is 1.12 bits per heavy atom. The maximum Gasteiger partial charge on any atom is 0.416 e. The maximum atomic E-state index is 13.5. The van der Waals surface area contributed by atoms with Crippen molar-refractivity contribution in [1.29, 1.82) is 0 Å². The molecule has 2 heterocycles. The van der Waals surface area contributed by atoms with Crippen molar-refractivity contribution in [2.75, 3.05) is 0 Å². The highest BCUT2D eigenvalue weighted by Crippen LogP contribution is 2.59. The molecule has 178 valence electrons. The Bertz CT molecular complexity index is 1080. The van der Waals surface area contributed by atoms with E-state index in [0.717, 1.165) is 66.2 Å². The van der Waals surface area contributed by atoms with E-state index >= 15 is 0 Å². The third-order valence-corrected chi connectivity index (χ3v) is 7.64. The average molecular weight is 460 g/mol. The minimum atomic E-state index is -4.42. The van der Waals surface area contributed by atoms with Crippen molar-refractivity contribution < 1.29 is 23.0 Å². The summed E-state index contributed by atoms with van der Waals surface area (Å²) in [4.78, 5) is 5.07. The van der Waals surface area contributed by atoms with Crippen LogP contribution in [-0.2, 0) is 22.9 Å². The van der Waals surface area contributed by atoms with Gasteiger partial charge in [-0.1, -0.05) is 52.7 Å². The highest BCUT2D eigenvalue weighted by molar-refractivity contribution is 5.54. The number of ether oxygens (including phenoxy) is 1. The van der Waals surface area contributed by atoms with Gasteiger partial charge in [0.05, 0.1) is 17.3 Å². The quantitative estimate of drug-likeness (QED) is 0.520. The molecule has 0 unspecified atom stereocenters. The molecular weight excluding hydrogens is 427 g/mol. The van der Waals surface area contributed by atoms with Gasteiger partial charge in [0.1, 0.15) is 6.10 Å². The number of fused-ring (bicyclic) bond motifs is 4. The summed E-state index contributed by atoms with van der Waals surface area (Å²) < 4.78 is 47.3. The zero-order chi connectivity index (χ0) is 23.8. The van der Waals surface area contributed by atoms with Gasteiger partial charge in [0.25, 0.3) is 0 Å². The van der Waals surface area contributed by atoms with Crippen LogP contribution >= 0.6 is 0 Å². The molecule has 1 spiro atoms. The number of hydrogen-bond acceptors (Lipinski definition) is 3. The zero-order valence-electron chi connectivity index (χ0n) is 19.7. The molecule has 0 saturated heterocycles. The highest BCUT2D eigenvalue weighted by Gasteiger charge is 2.52. The topological polar surface area (TPSA) is 42.4 Å². The molecule has 1 aliphatic heterocycles. The molecule has 0 bridgehead atoms. The van der Waals surface area contributed by atoms with E-state index in [4.69, 9.17) is 9.72 Å². The van der Waals surface area contributed by atoms with Crippen LogP contribution < -0.4 is 0 Å².